The fourth-order valence-electron chi connectivity index (χ4n) is 2.91. The minimum atomic E-state index is 0.146. The van der Waals surface area contributed by atoms with Gasteiger partial charge in [-0.1, -0.05) is 25.1 Å². The summed E-state index contributed by atoms with van der Waals surface area (Å²) in [5, 5.41) is 3.50. The molecule has 0 bridgehead atoms. The van der Waals surface area contributed by atoms with Crippen LogP contribution in [0, 0.1) is 0 Å². The average Bonchev–Trinajstić information content (AvgIpc) is 2.48. The van der Waals surface area contributed by atoms with Crippen LogP contribution in [0.25, 0.3) is 0 Å². The molecule has 1 fully saturated rings. The van der Waals surface area contributed by atoms with Gasteiger partial charge < -0.3 is 10.2 Å². The molecule has 1 aromatic carbocycles. The minimum Gasteiger partial charge on any atom is -0.339 e. The summed E-state index contributed by atoms with van der Waals surface area (Å²) in [5.41, 5.74) is 0.791. The summed E-state index contributed by atoms with van der Waals surface area (Å²) in [6.07, 6.45) is 4.55. The Morgan fingerprint density at radius 2 is 1.84 bits per heavy atom. The van der Waals surface area contributed by atoms with Crippen LogP contribution >= 0.6 is 0 Å². The van der Waals surface area contributed by atoms with Gasteiger partial charge in [-0.05, 0) is 44.4 Å². The zero-order valence-electron chi connectivity index (χ0n) is 11.9. The van der Waals surface area contributed by atoms with Crippen LogP contribution in [0.3, 0.4) is 0 Å². The van der Waals surface area contributed by atoms with Crippen LogP contribution in [-0.4, -0.2) is 36.5 Å². The van der Waals surface area contributed by atoms with Crippen LogP contribution in [-0.2, 0) is 0 Å². The number of hydrogen-bond acceptors (Lipinski definition) is 2. The molecule has 3 nitrogen and oxygen atoms in total. The zero-order chi connectivity index (χ0) is 13.7. The second kappa shape index (κ2) is 6.71. The molecular formula is C16H24N2O. The summed E-state index contributed by atoms with van der Waals surface area (Å²) in [4.78, 5) is 14.3. The van der Waals surface area contributed by atoms with E-state index in [1.807, 2.05) is 42.3 Å². The predicted molar refractivity (Wildman–Crippen MR) is 78.3 cm³/mol. The van der Waals surface area contributed by atoms with E-state index >= 15 is 0 Å². The lowest BCUT2D eigenvalue weighted by Crippen LogP contribution is -2.43. The Labute approximate surface area is 116 Å². The average molecular weight is 260 g/mol. The van der Waals surface area contributed by atoms with Crippen LogP contribution < -0.4 is 5.32 Å². The summed E-state index contributed by atoms with van der Waals surface area (Å²) in [7, 11) is 1.94. The van der Waals surface area contributed by atoms with Gasteiger partial charge in [-0.2, -0.15) is 0 Å². The molecule has 0 atom stereocenters. The van der Waals surface area contributed by atoms with Crippen LogP contribution in [0.1, 0.15) is 43.0 Å². The van der Waals surface area contributed by atoms with Crippen molar-refractivity contribution in [1.82, 2.24) is 10.2 Å². The second-order valence-corrected chi connectivity index (χ2v) is 5.35. The molecule has 1 aromatic rings. The summed E-state index contributed by atoms with van der Waals surface area (Å²) in [5.74, 6) is 0.146. The van der Waals surface area contributed by atoms with Gasteiger partial charge in [-0.15, -0.1) is 0 Å². The van der Waals surface area contributed by atoms with Crippen LogP contribution in [0.15, 0.2) is 30.3 Å². The van der Waals surface area contributed by atoms with Crippen LogP contribution in [0.5, 0.6) is 0 Å². The molecule has 0 spiro atoms. The highest BCUT2D eigenvalue weighted by Gasteiger charge is 2.26. The summed E-state index contributed by atoms with van der Waals surface area (Å²) in [6.45, 7) is 3.19. The molecule has 19 heavy (non-hydrogen) atoms. The van der Waals surface area contributed by atoms with E-state index < -0.39 is 0 Å². The lowest BCUT2D eigenvalue weighted by molar-refractivity contribution is 0.0684. The molecule has 0 radical (unpaired) electrons. The van der Waals surface area contributed by atoms with Gasteiger partial charge in [0.15, 0.2) is 0 Å². The molecule has 1 amide bonds. The first-order valence-corrected chi connectivity index (χ1v) is 7.28. The van der Waals surface area contributed by atoms with Gasteiger partial charge in [-0.3, -0.25) is 4.79 Å². The third kappa shape index (κ3) is 3.57. The molecule has 3 heteroatoms. The Balaban J connectivity index is 1.91. The molecule has 1 N–H and O–H groups in total. The molecule has 1 aliphatic rings. The van der Waals surface area contributed by atoms with E-state index in [1.165, 1.54) is 12.8 Å². The van der Waals surface area contributed by atoms with E-state index in [9.17, 15) is 4.79 Å². The topological polar surface area (TPSA) is 32.3 Å². The van der Waals surface area contributed by atoms with Gasteiger partial charge in [0.25, 0.3) is 5.91 Å². The third-order valence-electron chi connectivity index (χ3n) is 4.08. The van der Waals surface area contributed by atoms with Crippen LogP contribution in [0.2, 0.25) is 0 Å². The van der Waals surface area contributed by atoms with Crippen molar-refractivity contribution in [3.63, 3.8) is 0 Å². The lowest BCUT2D eigenvalue weighted by Gasteiger charge is -2.35. The quantitative estimate of drug-likeness (QED) is 0.902. The number of benzene rings is 1. The van der Waals surface area contributed by atoms with Gasteiger partial charge in [0.1, 0.15) is 0 Å². The number of nitrogens with zero attached hydrogens (tertiary/aromatic N) is 1. The van der Waals surface area contributed by atoms with Gasteiger partial charge in [0.05, 0.1) is 0 Å². The van der Waals surface area contributed by atoms with E-state index in [1.54, 1.807) is 0 Å². The maximum atomic E-state index is 12.4. The molecule has 2 rings (SSSR count). The first-order chi connectivity index (χ1) is 9.22. The highest BCUT2D eigenvalue weighted by molar-refractivity contribution is 5.94. The van der Waals surface area contributed by atoms with E-state index in [0.29, 0.717) is 12.1 Å². The van der Waals surface area contributed by atoms with Crippen molar-refractivity contribution >= 4 is 5.91 Å². The Kier molecular flexibility index (Phi) is 4.97. The highest BCUT2D eigenvalue weighted by atomic mass is 16.2. The van der Waals surface area contributed by atoms with Crippen molar-refractivity contribution in [2.24, 2.45) is 0 Å². The van der Waals surface area contributed by atoms with E-state index in [4.69, 9.17) is 0 Å². The van der Waals surface area contributed by atoms with Gasteiger partial charge in [0.2, 0.25) is 0 Å². The van der Waals surface area contributed by atoms with Crippen molar-refractivity contribution in [2.75, 3.05) is 13.6 Å². The monoisotopic (exact) mass is 260 g/mol. The van der Waals surface area contributed by atoms with Gasteiger partial charge >= 0.3 is 0 Å². The summed E-state index contributed by atoms with van der Waals surface area (Å²) < 4.78 is 0. The van der Waals surface area contributed by atoms with Crippen molar-refractivity contribution in [3.05, 3.63) is 35.9 Å². The zero-order valence-corrected chi connectivity index (χ0v) is 11.9. The number of amides is 1. The fourth-order valence-corrected chi connectivity index (χ4v) is 2.91. The van der Waals surface area contributed by atoms with E-state index in [-0.39, 0.29) is 5.91 Å². The van der Waals surface area contributed by atoms with Crippen molar-refractivity contribution in [3.8, 4) is 0 Å². The smallest absolute Gasteiger partial charge is 0.253 e. The minimum absolute atomic E-state index is 0.146. The molecule has 0 saturated heterocycles. The predicted octanol–water partition coefficient (Wildman–Crippen LogP) is 2.68. The van der Waals surface area contributed by atoms with E-state index in [0.717, 1.165) is 24.9 Å². The normalized spacial score (nSPS) is 23.1. The number of carbonyl (C=O) groups is 1. The first kappa shape index (κ1) is 14.1. The lowest BCUT2D eigenvalue weighted by atomic mass is 9.90. The molecular weight excluding hydrogens is 236 g/mol. The molecule has 104 valence electrons. The Morgan fingerprint density at radius 3 is 2.42 bits per heavy atom. The molecule has 0 aliphatic heterocycles. The number of rotatable bonds is 4. The molecule has 1 saturated carbocycles. The van der Waals surface area contributed by atoms with Gasteiger partial charge in [0, 0.05) is 24.7 Å². The summed E-state index contributed by atoms with van der Waals surface area (Å²) in [6, 6.07) is 10.6. The maximum absolute atomic E-state index is 12.4. The Morgan fingerprint density at radius 1 is 1.21 bits per heavy atom. The molecule has 0 unspecified atom stereocenters. The SMILES string of the molecule is CCNC1CCC(N(C)C(=O)c2ccccc2)CC1. The summed E-state index contributed by atoms with van der Waals surface area (Å²) >= 11 is 0. The number of carbonyl (C=O) groups excluding carboxylic acids is 1. The third-order valence-corrected chi connectivity index (χ3v) is 4.08. The highest BCUT2D eigenvalue weighted by Crippen LogP contribution is 2.23. The van der Waals surface area contributed by atoms with Crippen molar-refractivity contribution in [1.29, 1.82) is 0 Å². The van der Waals surface area contributed by atoms with Gasteiger partial charge in [-0.25, -0.2) is 0 Å². The largest absolute Gasteiger partial charge is 0.339 e. The Bertz CT molecular complexity index is 396. The number of hydrogen-bond donors (Lipinski definition) is 1. The molecule has 1 aliphatic carbocycles. The Hall–Kier alpha value is -1.35. The molecule has 0 heterocycles. The fraction of sp³-hybridized carbons (Fsp3) is 0.562. The van der Waals surface area contributed by atoms with Crippen molar-refractivity contribution in [2.45, 2.75) is 44.7 Å². The van der Waals surface area contributed by atoms with Crippen molar-refractivity contribution < 1.29 is 4.79 Å². The number of nitrogens with one attached hydrogen (secondary N) is 1. The maximum Gasteiger partial charge on any atom is 0.253 e. The van der Waals surface area contributed by atoms with E-state index in [2.05, 4.69) is 12.2 Å². The van der Waals surface area contributed by atoms with Crippen LogP contribution in [0.4, 0.5) is 0 Å². The second-order valence-electron chi connectivity index (χ2n) is 5.35. The molecule has 0 aromatic heterocycles. The first-order valence-electron chi connectivity index (χ1n) is 7.28. The standard InChI is InChI=1S/C16H24N2O/c1-3-17-14-9-11-15(12-10-14)18(2)16(19)13-7-5-4-6-8-13/h4-8,14-15,17H,3,9-12H2,1-2H3.